The van der Waals surface area contributed by atoms with Crippen LogP contribution in [0.3, 0.4) is 0 Å². The van der Waals surface area contributed by atoms with Crippen molar-refractivity contribution in [3.05, 3.63) is 34.9 Å². The number of carbonyl (C=O) groups is 1. The van der Waals surface area contributed by atoms with Crippen LogP contribution < -0.4 is 9.47 Å². The Labute approximate surface area is 129 Å². The molecule has 0 aromatic heterocycles. The molecule has 1 saturated heterocycles. The number of Topliss-reactive ketones (excluding diaryl/α,β-unsaturated/α-hetero) is 1. The number of ketones is 1. The van der Waals surface area contributed by atoms with Crippen molar-refractivity contribution >= 4 is 5.78 Å². The highest BCUT2D eigenvalue weighted by Crippen LogP contribution is 2.61. The first-order chi connectivity index (χ1) is 10.7. The minimum Gasteiger partial charge on any atom is -0.493 e. The van der Waals surface area contributed by atoms with Crippen LogP contribution in [0.4, 0.5) is 0 Å². The van der Waals surface area contributed by atoms with Gasteiger partial charge in [0.2, 0.25) is 0 Å². The predicted molar refractivity (Wildman–Crippen MR) is 81.5 cm³/mol. The molecule has 0 N–H and O–H groups in total. The molecular formula is C18H19NO3. The summed E-state index contributed by atoms with van der Waals surface area (Å²) in [6, 6.07) is 4.55. The van der Waals surface area contributed by atoms with Crippen LogP contribution in [0.5, 0.6) is 11.5 Å². The molecule has 4 nitrogen and oxygen atoms in total. The third kappa shape index (κ3) is 1.23. The monoisotopic (exact) mass is 297 g/mol. The highest BCUT2D eigenvalue weighted by Gasteiger charge is 2.62. The Morgan fingerprint density at radius 2 is 2.27 bits per heavy atom. The number of likely N-dealkylation sites (tertiary alicyclic amines) is 1. The first kappa shape index (κ1) is 12.7. The lowest BCUT2D eigenvalue weighted by Gasteiger charge is -2.52. The zero-order valence-electron chi connectivity index (χ0n) is 12.9. The predicted octanol–water partition coefficient (Wildman–Crippen LogP) is 1.85. The minimum absolute atomic E-state index is 0.207. The molecule has 4 heteroatoms. The zero-order chi connectivity index (χ0) is 15.1. The Balaban J connectivity index is 1.86. The van der Waals surface area contributed by atoms with Gasteiger partial charge in [0.15, 0.2) is 23.4 Å². The lowest BCUT2D eigenvalue weighted by atomic mass is 9.56. The van der Waals surface area contributed by atoms with Crippen molar-refractivity contribution in [3.63, 3.8) is 0 Å². The van der Waals surface area contributed by atoms with Gasteiger partial charge in [-0.25, -0.2) is 0 Å². The summed E-state index contributed by atoms with van der Waals surface area (Å²) in [4.78, 5) is 15.0. The van der Waals surface area contributed by atoms with Crippen molar-refractivity contribution < 1.29 is 14.3 Å². The highest BCUT2D eigenvalue weighted by molar-refractivity contribution is 5.92. The Bertz CT molecular complexity index is 738. The van der Waals surface area contributed by atoms with E-state index in [9.17, 15) is 4.79 Å². The number of ether oxygens (including phenoxy) is 2. The number of rotatable bonds is 1. The molecule has 2 heterocycles. The molecular weight excluding hydrogens is 278 g/mol. The maximum absolute atomic E-state index is 12.6. The van der Waals surface area contributed by atoms with Crippen LogP contribution in [0, 0.1) is 0 Å². The molecule has 1 aromatic carbocycles. The maximum Gasteiger partial charge on any atom is 0.178 e. The van der Waals surface area contributed by atoms with Crippen molar-refractivity contribution in [2.45, 2.75) is 36.8 Å². The van der Waals surface area contributed by atoms with E-state index in [1.165, 1.54) is 16.7 Å². The number of hydrogen-bond acceptors (Lipinski definition) is 4. The Kier molecular flexibility index (Phi) is 2.27. The molecule has 1 spiro atoms. The Hall–Kier alpha value is -1.81. The van der Waals surface area contributed by atoms with E-state index in [4.69, 9.17) is 9.47 Å². The van der Waals surface area contributed by atoms with Crippen molar-refractivity contribution in [2.75, 3.05) is 20.7 Å². The fraction of sp³-hybridized carbons (Fsp3) is 0.500. The van der Waals surface area contributed by atoms with Gasteiger partial charge >= 0.3 is 0 Å². The van der Waals surface area contributed by atoms with E-state index >= 15 is 0 Å². The molecule has 0 radical (unpaired) electrons. The van der Waals surface area contributed by atoms with E-state index in [1.807, 2.05) is 6.07 Å². The number of nitrogens with zero attached hydrogens (tertiary/aromatic N) is 1. The topological polar surface area (TPSA) is 38.8 Å². The molecule has 3 atom stereocenters. The largest absolute Gasteiger partial charge is 0.493 e. The first-order valence-electron chi connectivity index (χ1n) is 7.97. The van der Waals surface area contributed by atoms with Gasteiger partial charge in [-0.15, -0.1) is 0 Å². The molecule has 2 aliphatic carbocycles. The third-order valence-electron chi connectivity index (χ3n) is 6.05. The summed E-state index contributed by atoms with van der Waals surface area (Å²) in [6.07, 6.45) is 4.28. The van der Waals surface area contributed by atoms with Gasteiger partial charge in [0.1, 0.15) is 0 Å². The number of piperidine rings is 1. The third-order valence-corrected chi connectivity index (χ3v) is 6.05. The second-order valence-electron chi connectivity index (χ2n) is 6.88. The number of allylic oxidation sites excluding steroid dienone is 1. The van der Waals surface area contributed by atoms with Gasteiger partial charge in [-0.3, -0.25) is 9.69 Å². The molecule has 114 valence electrons. The molecule has 1 fully saturated rings. The summed E-state index contributed by atoms with van der Waals surface area (Å²) in [6.45, 7) is 1.01. The van der Waals surface area contributed by atoms with Gasteiger partial charge in [0.25, 0.3) is 0 Å². The number of benzene rings is 1. The second-order valence-corrected chi connectivity index (χ2v) is 6.88. The second kappa shape index (κ2) is 3.93. The average molecular weight is 297 g/mol. The smallest absolute Gasteiger partial charge is 0.178 e. The zero-order valence-corrected chi connectivity index (χ0v) is 12.9. The van der Waals surface area contributed by atoms with Crippen LogP contribution in [0.2, 0.25) is 0 Å². The SMILES string of the molecule is COc1ccc2c3c1O[C@H]1C(=O)CC=C4[C@@H](C2)N(C)CCC431. The number of methoxy groups -OCH3 is 1. The summed E-state index contributed by atoms with van der Waals surface area (Å²) in [5.41, 5.74) is 3.73. The van der Waals surface area contributed by atoms with Crippen LogP contribution >= 0.6 is 0 Å². The number of likely N-dealkylation sites (N-methyl/N-ethyl adjacent to an activating group) is 1. The lowest BCUT2D eigenvalue weighted by molar-refractivity contribution is -0.128. The molecule has 2 aliphatic heterocycles. The van der Waals surface area contributed by atoms with Crippen molar-refractivity contribution in [1.29, 1.82) is 0 Å². The Morgan fingerprint density at radius 3 is 3.09 bits per heavy atom. The highest BCUT2D eigenvalue weighted by atomic mass is 16.5. The normalized spacial score (nSPS) is 34.8. The molecule has 1 aromatic rings. The van der Waals surface area contributed by atoms with E-state index in [0.717, 1.165) is 30.9 Å². The summed E-state index contributed by atoms with van der Waals surface area (Å²) in [5, 5.41) is 0. The average Bonchev–Trinajstić information content (AvgIpc) is 2.88. The Morgan fingerprint density at radius 1 is 1.41 bits per heavy atom. The quantitative estimate of drug-likeness (QED) is 0.742. The van der Waals surface area contributed by atoms with Crippen molar-refractivity contribution in [2.24, 2.45) is 0 Å². The standard InChI is InChI=1S/C18H19NO3/c1-19-8-7-18-11-4-5-13(20)17(18)22-16-14(21-2)6-3-10(15(16)18)9-12(11)19/h3-4,6,12,17H,5,7-9H2,1-2H3/t12-,17+,18?/m1/s1. The molecule has 0 saturated carbocycles. The van der Waals surface area contributed by atoms with E-state index in [0.29, 0.717) is 12.5 Å². The van der Waals surface area contributed by atoms with Crippen LogP contribution in [0.1, 0.15) is 24.0 Å². The minimum atomic E-state index is -0.353. The van der Waals surface area contributed by atoms with Crippen LogP contribution in [0.25, 0.3) is 0 Å². The maximum atomic E-state index is 12.6. The van der Waals surface area contributed by atoms with Gasteiger partial charge < -0.3 is 9.47 Å². The number of carbonyl (C=O) groups excluding carboxylic acids is 1. The van der Waals surface area contributed by atoms with Crippen LogP contribution in [-0.2, 0) is 16.6 Å². The first-order valence-corrected chi connectivity index (χ1v) is 7.97. The van der Waals surface area contributed by atoms with E-state index in [-0.39, 0.29) is 17.3 Å². The molecule has 0 amide bonds. The molecule has 5 rings (SSSR count). The summed E-state index contributed by atoms with van der Waals surface area (Å²) in [7, 11) is 3.86. The van der Waals surface area contributed by atoms with Crippen LogP contribution in [0.15, 0.2) is 23.8 Å². The van der Waals surface area contributed by atoms with E-state index < -0.39 is 0 Å². The summed E-state index contributed by atoms with van der Waals surface area (Å²) < 4.78 is 11.7. The van der Waals surface area contributed by atoms with Crippen LogP contribution in [-0.4, -0.2) is 43.5 Å². The summed E-state index contributed by atoms with van der Waals surface area (Å²) >= 11 is 0. The van der Waals surface area contributed by atoms with Gasteiger partial charge in [-0.1, -0.05) is 12.1 Å². The van der Waals surface area contributed by atoms with Crippen molar-refractivity contribution in [1.82, 2.24) is 4.90 Å². The lowest BCUT2D eigenvalue weighted by Crippen LogP contribution is -2.60. The van der Waals surface area contributed by atoms with E-state index in [2.05, 4.69) is 24.1 Å². The number of hydrogen-bond donors (Lipinski definition) is 0. The molecule has 22 heavy (non-hydrogen) atoms. The fourth-order valence-electron chi connectivity index (χ4n) is 5.08. The van der Waals surface area contributed by atoms with E-state index in [1.54, 1.807) is 7.11 Å². The van der Waals surface area contributed by atoms with Gasteiger partial charge in [-0.05, 0) is 43.6 Å². The summed E-state index contributed by atoms with van der Waals surface area (Å²) in [5.74, 6) is 1.78. The molecule has 2 bridgehead atoms. The molecule has 4 aliphatic rings. The fourth-order valence-corrected chi connectivity index (χ4v) is 5.08. The van der Waals surface area contributed by atoms with Gasteiger partial charge in [-0.2, -0.15) is 0 Å². The van der Waals surface area contributed by atoms with Crippen molar-refractivity contribution in [3.8, 4) is 11.5 Å². The van der Waals surface area contributed by atoms with Gasteiger partial charge in [0.05, 0.1) is 12.5 Å². The molecule has 1 unspecified atom stereocenters. The van der Waals surface area contributed by atoms with Gasteiger partial charge in [0, 0.05) is 18.0 Å².